The Kier molecular flexibility index (Phi) is 11.9. The van der Waals surface area contributed by atoms with Crippen LogP contribution in [0.4, 0.5) is 0 Å². The van der Waals surface area contributed by atoms with Crippen molar-refractivity contribution in [3.05, 3.63) is 155 Å². The summed E-state index contributed by atoms with van der Waals surface area (Å²) in [4.78, 5) is 27.9. The van der Waals surface area contributed by atoms with Gasteiger partial charge in [0.25, 0.3) is 5.91 Å². The molecule has 5 rings (SSSR count). The van der Waals surface area contributed by atoms with Gasteiger partial charge in [-0.3, -0.25) is 9.69 Å². The number of rotatable bonds is 15. The number of benzene rings is 5. The zero-order chi connectivity index (χ0) is 33.0. The van der Waals surface area contributed by atoms with Crippen molar-refractivity contribution in [2.24, 2.45) is 0 Å². The van der Waals surface area contributed by atoms with Gasteiger partial charge in [0.05, 0.1) is 0 Å². The van der Waals surface area contributed by atoms with E-state index in [1.54, 1.807) is 11.8 Å². The second kappa shape index (κ2) is 16.6. The Labute approximate surface area is 281 Å². The molecule has 0 aliphatic carbocycles. The minimum atomic E-state index is -1.03. The monoisotopic (exact) mass is 644 g/mol. The fraction of sp³-hybridized carbons (Fsp3) is 0.200. The quantitative estimate of drug-likeness (QED) is 0.119. The standard InChI is InChI=1S/C40H40N2O4S/c1-29-12-9-10-19-35(29)37-25-32(20-21-36(37)39(43)41-38(40(44)45)22-23-47-2)28-42(26-30-13-5-3-6-14-30)27-31-15-11-18-34(24-31)46-33-16-7-4-8-17-33/h3-21,24-25,38H,22-23,26-28H2,1-2H3,(H,41,43)(H,44,45)/t38-/m0/s1. The molecular formula is C40H40N2O4S. The Hall–Kier alpha value is -4.85. The SMILES string of the molecule is CSCC[C@H](NC(=O)c1ccc(CN(Cc2ccccc2)Cc2cccc(Oc3ccccc3)c2)cc1-c1ccccc1C)C(=O)O. The van der Waals surface area contributed by atoms with Crippen LogP contribution in [0, 0.1) is 6.92 Å². The number of nitrogens with one attached hydrogen (secondary N) is 1. The summed E-state index contributed by atoms with van der Waals surface area (Å²) in [5, 5.41) is 12.5. The smallest absolute Gasteiger partial charge is 0.326 e. The molecule has 1 amide bonds. The van der Waals surface area contributed by atoms with Crippen molar-refractivity contribution < 1.29 is 19.4 Å². The zero-order valence-corrected chi connectivity index (χ0v) is 27.6. The lowest BCUT2D eigenvalue weighted by molar-refractivity contribution is -0.139. The molecule has 6 nitrogen and oxygen atoms in total. The van der Waals surface area contributed by atoms with Crippen molar-refractivity contribution in [2.45, 2.75) is 39.0 Å². The van der Waals surface area contributed by atoms with Crippen LogP contribution >= 0.6 is 11.8 Å². The number of carboxylic acids is 1. The average molecular weight is 645 g/mol. The number of carbonyl (C=O) groups is 2. The van der Waals surface area contributed by atoms with Gasteiger partial charge in [-0.15, -0.1) is 0 Å². The summed E-state index contributed by atoms with van der Waals surface area (Å²) < 4.78 is 6.12. The maximum atomic E-state index is 13.6. The van der Waals surface area contributed by atoms with Crippen molar-refractivity contribution >= 4 is 23.6 Å². The molecule has 0 aliphatic heterocycles. The molecule has 1 atom stereocenters. The Balaban J connectivity index is 1.45. The number of carbonyl (C=O) groups excluding carboxylic acids is 1. The van der Waals surface area contributed by atoms with Crippen molar-refractivity contribution in [2.75, 3.05) is 12.0 Å². The van der Waals surface area contributed by atoms with Gasteiger partial charge in [-0.1, -0.05) is 91.0 Å². The third-order valence-corrected chi connectivity index (χ3v) is 8.56. The van der Waals surface area contributed by atoms with Gasteiger partial charge in [0.2, 0.25) is 0 Å². The number of aliphatic carboxylic acids is 1. The lowest BCUT2D eigenvalue weighted by Gasteiger charge is -2.24. The molecule has 240 valence electrons. The van der Waals surface area contributed by atoms with Crippen LogP contribution in [0.15, 0.2) is 127 Å². The van der Waals surface area contributed by atoms with Crippen LogP contribution in [-0.2, 0) is 24.4 Å². The number of carboxylic acid groups (broad SMARTS) is 1. The van der Waals surface area contributed by atoms with Crippen LogP contribution in [0.2, 0.25) is 0 Å². The van der Waals surface area contributed by atoms with E-state index in [2.05, 4.69) is 52.7 Å². The van der Waals surface area contributed by atoms with E-state index in [-0.39, 0.29) is 5.91 Å². The fourth-order valence-electron chi connectivity index (χ4n) is 5.57. The van der Waals surface area contributed by atoms with E-state index in [1.807, 2.05) is 98.1 Å². The molecule has 0 saturated heterocycles. The topological polar surface area (TPSA) is 78.9 Å². The van der Waals surface area contributed by atoms with Gasteiger partial charge in [0.15, 0.2) is 0 Å². The van der Waals surface area contributed by atoms with Crippen molar-refractivity contribution in [3.63, 3.8) is 0 Å². The summed E-state index contributed by atoms with van der Waals surface area (Å²) in [6.45, 7) is 4.06. The van der Waals surface area contributed by atoms with Gasteiger partial charge in [-0.2, -0.15) is 11.8 Å². The summed E-state index contributed by atoms with van der Waals surface area (Å²) in [7, 11) is 0. The first kappa shape index (κ1) is 33.5. The van der Waals surface area contributed by atoms with Crippen molar-refractivity contribution in [1.29, 1.82) is 0 Å². The van der Waals surface area contributed by atoms with Crippen LogP contribution < -0.4 is 10.1 Å². The summed E-state index contributed by atoms with van der Waals surface area (Å²) in [6.07, 6.45) is 2.28. The van der Waals surface area contributed by atoms with E-state index in [4.69, 9.17) is 4.74 Å². The largest absolute Gasteiger partial charge is 0.480 e. The highest BCUT2D eigenvalue weighted by Crippen LogP contribution is 2.30. The van der Waals surface area contributed by atoms with Crippen molar-refractivity contribution in [1.82, 2.24) is 10.2 Å². The van der Waals surface area contributed by atoms with Gasteiger partial charge in [0, 0.05) is 25.2 Å². The molecule has 0 aliphatic rings. The van der Waals surface area contributed by atoms with Gasteiger partial charge in [-0.05, 0) is 95.1 Å². The molecule has 0 spiro atoms. The highest BCUT2D eigenvalue weighted by molar-refractivity contribution is 7.98. The average Bonchev–Trinajstić information content (AvgIpc) is 3.07. The minimum absolute atomic E-state index is 0.353. The molecule has 0 fully saturated rings. The predicted octanol–water partition coefficient (Wildman–Crippen LogP) is 8.59. The number of nitrogens with zero attached hydrogens (tertiary/aromatic N) is 1. The maximum absolute atomic E-state index is 13.6. The number of para-hydroxylation sites is 1. The molecule has 5 aromatic rings. The molecule has 0 unspecified atom stereocenters. The van der Waals surface area contributed by atoms with Crippen LogP contribution in [0.5, 0.6) is 11.5 Å². The van der Waals surface area contributed by atoms with Gasteiger partial charge in [-0.25, -0.2) is 4.79 Å². The number of aryl methyl sites for hydroxylation is 1. The maximum Gasteiger partial charge on any atom is 0.326 e. The van der Waals surface area contributed by atoms with Gasteiger partial charge < -0.3 is 15.2 Å². The third-order valence-electron chi connectivity index (χ3n) is 7.92. The Morgan fingerprint density at radius 1 is 0.723 bits per heavy atom. The highest BCUT2D eigenvalue weighted by Gasteiger charge is 2.23. The Morgan fingerprint density at radius 2 is 1.34 bits per heavy atom. The summed E-state index contributed by atoms with van der Waals surface area (Å²) in [6, 6.07) is 41.2. The highest BCUT2D eigenvalue weighted by atomic mass is 32.2. The van der Waals surface area contributed by atoms with E-state index < -0.39 is 12.0 Å². The van der Waals surface area contributed by atoms with Crippen LogP contribution in [0.1, 0.15) is 39.0 Å². The number of amides is 1. The lowest BCUT2D eigenvalue weighted by atomic mass is 9.93. The molecular weight excluding hydrogens is 605 g/mol. The zero-order valence-electron chi connectivity index (χ0n) is 26.8. The fourth-order valence-corrected chi connectivity index (χ4v) is 6.04. The van der Waals surface area contributed by atoms with Gasteiger partial charge >= 0.3 is 5.97 Å². The summed E-state index contributed by atoms with van der Waals surface area (Å²) in [5.74, 6) is 0.788. The number of hydrogen-bond donors (Lipinski definition) is 2. The first-order valence-corrected chi connectivity index (χ1v) is 17.1. The molecule has 7 heteroatoms. The molecule has 0 saturated carbocycles. The first-order valence-electron chi connectivity index (χ1n) is 15.7. The Morgan fingerprint density at radius 3 is 2.04 bits per heavy atom. The second-order valence-corrected chi connectivity index (χ2v) is 12.5. The molecule has 0 heterocycles. The summed E-state index contributed by atoms with van der Waals surface area (Å²) >= 11 is 1.56. The van der Waals surface area contributed by atoms with Crippen LogP contribution in [-0.4, -0.2) is 39.9 Å². The lowest BCUT2D eigenvalue weighted by Crippen LogP contribution is -2.41. The van der Waals surface area contributed by atoms with Crippen molar-refractivity contribution in [3.8, 4) is 22.6 Å². The van der Waals surface area contributed by atoms with Crippen LogP contribution in [0.3, 0.4) is 0 Å². The van der Waals surface area contributed by atoms with Gasteiger partial charge in [0.1, 0.15) is 17.5 Å². The molecule has 0 bridgehead atoms. The molecule has 0 aromatic heterocycles. The second-order valence-electron chi connectivity index (χ2n) is 11.5. The van der Waals surface area contributed by atoms with E-state index in [0.717, 1.165) is 45.9 Å². The molecule has 5 aromatic carbocycles. The van der Waals surface area contributed by atoms with E-state index >= 15 is 0 Å². The normalized spacial score (nSPS) is 11.6. The predicted molar refractivity (Wildman–Crippen MR) is 191 cm³/mol. The summed E-state index contributed by atoms with van der Waals surface area (Å²) in [5.41, 5.74) is 6.58. The number of hydrogen-bond acceptors (Lipinski definition) is 5. The molecule has 0 radical (unpaired) electrons. The number of ether oxygens (including phenoxy) is 1. The Bertz CT molecular complexity index is 1780. The van der Waals surface area contributed by atoms with E-state index in [9.17, 15) is 14.7 Å². The number of thioether (sulfide) groups is 1. The first-order chi connectivity index (χ1) is 22.9. The van der Waals surface area contributed by atoms with E-state index in [0.29, 0.717) is 30.8 Å². The third kappa shape index (κ3) is 9.58. The molecule has 47 heavy (non-hydrogen) atoms. The molecule has 2 N–H and O–H groups in total. The van der Waals surface area contributed by atoms with Crippen LogP contribution in [0.25, 0.3) is 11.1 Å². The van der Waals surface area contributed by atoms with E-state index in [1.165, 1.54) is 5.56 Å². The minimum Gasteiger partial charge on any atom is -0.480 e.